The van der Waals surface area contributed by atoms with E-state index in [4.69, 9.17) is 9.73 Å². The summed E-state index contributed by atoms with van der Waals surface area (Å²) in [6.07, 6.45) is 8.87. The topological polar surface area (TPSA) is 47.4 Å². The first-order valence-electron chi connectivity index (χ1n) is 8.18. The maximum Gasteiger partial charge on any atom is 0.230 e. The van der Waals surface area contributed by atoms with Crippen LogP contribution in [0, 0.1) is 0 Å². The number of nitrogens with zero attached hydrogens (tertiary/aromatic N) is 3. The van der Waals surface area contributed by atoms with Gasteiger partial charge in [-0.25, -0.2) is 9.97 Å². The van der Waals surface area contributed by atoms with Gasteiger partial charge in [0.2, 0.25) is 5.88 Å². The zero-order valence-electron chi connectivity index (χ0n) is 13.1. The first-order chi connectivity index (χ1) is 10.8. The van der Waals surface area contributed by atoms with Crippen LogP contribution in [0.25, 0.3) is 0 Å². The number of hydrogen-bond acceptors (Lipinski definition) is 5. The molecular weight excluding hydrogens is 294 g/mol. The van der Waals surface area contributed by atoms with Crippen LogP contribution in [-0.2, 0) is 0 Å². The predicted molar refractivity (Wildman–Crippen MR) is 88.8 cm³/mol. The van der Waals surface area contributed by atoms with Crippen molar-refractivity contribution in [1.82, 2.24) is 9.97 Å². The molecule has 4 rings (SSSR count). The molecule has 0 radical (unpaired) electrons. The smallest absolute Gasteiger partial charge is 0.230 e. The Labute approximate surface area is 135 Å². The van der Waals surface area contributed by atoms with Crippen molar-refractivity contribution in [3.8, 4) is 5.88 Å². The highest BCUT2D eigenvalue weighted by Crippen LogP contribution is 2.56. The summed E-state index contributed by atoms with van der Waals surface area (Å²) in [7, 11) is 1.68. The van der Waals surface area contributed by atoms with Crippen LogP contribution in [0.15, 0.2) is 27.4 Å². The molecule has 1 aromatic rings. The molecule has 22 heavy (non-hydrogen) atoms. The number of dihydropyridines is 1. The van der Waals surface area contributed by atoms with Gasteiger partial charge in [0.1, 0.15) is 11.7 Å². The molecule has 0 saturated carbocycles. The number of thioether (sulfide) groups is 1. The summed E-state index contributed by atoms with van der Waals surface area (Å²) in [5.41, 5.74) is 5.64. The van der Waals surface area contributed by atoms with E-state index >= 15 is 0 Å². The average Bonchev–Trinajstić information content (AvgIpc) is 3.15. The van der Waals surface area contributed by atoms with Crippen LogP contribution in [0.5, 0.6) is 5.88 Å². The SMILES string of the molecule is CCCCC1=NC2Sc3c(OC)ncnc3C2C2=C1CCC2. The lowest BCUT2D eigenvalue weighted by Gasteiger charge is -2.26. The normalized spacial score (nSPS) is 25.6. The molecule has 0 N–H and O–H groups in total. The Balaban J connectivity index is 1.76. The number of ether oxygens (including phenoxy) is 1. The van der Waals surface area contributed by atoms with Gasteiger partial charge in [0.25, 0.3) is 0 Å². The van der Waals surface area contributed by atoms with E-state index in [1.807, 2.05) is 0 Å². The van der Waals surface area contributed by atoms with E-state index in [9.17, 15) is 0 Å². The van der Waals surface area contributed by atoms with Crippen LogP contribution in [0.1, 0.15) is 57.1 Å². The van der Waals surface area contributed by atoms with Crippen molar-refractivity contribution in [3.63, 3.8) is 0 Å². The van der Waals surface area contributed by atoms with Gasteiger partial charge in [0.05, 0.1) is 23.6 Å². The van der Waals surface area contributed by atoms with Crippen molar-refractivity contribution in [2.24, 2.45) is 4.99 Å². The summed E-state index contributed by atoms with van der Waals surface area (Å²) in [5, 5.41) is 0.240. The summed E-state index contributed by atoms with van der Waals surface area (Å²) in [4.78, 5) is 15.1. The van der Waals surface area contributed by atoms with E-state index < -0.39 is 0 Å². The Morgan fingerprint density at radius 1 is 1.32 bits per heavy atom. The Morgan fingerprint density at radius 2 is 2.23 bits per heavy atom. The van der Waals surface area contributed by atoms with E-state index in [0.29, 0.717) is 11.8 Å². The Bertz CT molecular complexity index is 668. The number of methoxy groups -OCH3 is 1. The van der Waals surface area contributed by atoms with Gasteiger partial charge in [0.15, 0.2) is 0 Å². The van der Waals surface area contributed by atoms with E-state index in [1.165, 1.54) is 37.8 Å². The number of fused-ring (bicyclic) bond motifs is 4. The van der Waals surface area contributed by atoms with Gasteiger partial charge < -0.3 is 4.74 Å². The Morgan fingerprint density at radius 3 is 3.05 bits per heavy atom. The predicted octanol–water partition coefficient (Wildman–Crippen LogP) is 4.13. The number of rotatable bonds is 4. The van der Waals surface area contributed by atoms with Crippen molar-refractivity contribution >= 4 is 17.5 Å². The molecule has 0 aromatic carbocycles. The molecule has 2 atom stereocenters. The fourth-order valence-electron chi connectivity index (χ4n) is 3.84. The summed E-state index contributed by atoms with van der Waals surface area (Å²) in [5.74, 6) is 1.05. The zero-order chi connectivity index (χ0) is 15.1. The third kappa shape index (κ3) is 2.09. The molecule has 4 nitrogen and oxygen atoms in total. The second-order valence-corrected chi connectivity index (χ2v) is 7.25. The van der Waals surface area contributed by atoms with Crippen LogP contribution in [0.3, 0.4) is 0 Å². The summed E-state index contributed by atoms with van der Waals surface area (Å²) in [6, 6.07) is 0. The van der Waals surface area contributed by atoms with Crippen LogP contribution < -0.4 is 4.74 Å². The second kappa shape index (κ2) is 5.69. The molecule has 0 saturated heterocycles. The van der Waals surface area contributed by atoms with E-state index in [2.05, 4.69) is 16.9 Å². The van der Waals surface area contributed by atoms with Gasteiger partial charge in [-0.3, -0.25) is 4.99 Å². The average molecular weight is 315 g/mol. The molecule has 1 aromatic heterocycles. The minimum Gasteiger partial charge on any atom is -0.480 e. The minimum atomic E-state index is 0.240. The lowest BCUT2D eigenvalue weighted by Crippen LogP contribution is -2.21. The molecule has 0 fully saturated rings. The highest BCUT2D eigenvalue weighted by atomic mass is 32.2. The van der Waals surface area contributed by atoms with Crippen LogP contribution in [0.4, 0.5) is 0 Å². The number of aliphatic imine (C=N–C) groups is 1. The molecule has 5 heteroatoms. The first kappa shape index (κ1) is 14.2. The zero-order valence-corrected chi connectivity index (χ0v) is 13.9. The minimum absolute atomic E-state index is 0.240. The number of unbranched alkanes of at least 4 members (excludes halogenated alkanes) is 1. The largest absolute Gasteiger partial charge is 0.480 e. The molecule has 0 bridgehead atoms. The van der Waals surface area contributed by atoms with Crippen molar-refractivity contribution < 1.29 is 4.74 Å². The van der Waals surface area contributed by atoms with E-state index in [1.54, 1.807) is 36.3 Å². The molecule has 0 spiro atoms. The van der Waals surface area contributed by atoms with Gasteiger partial charge in [-0.2, -0.15) is 0 Å². The molecule has 2 unspecified atom stereocenters. The fourth-order valence-corrected chi connectivity index (χ4v) is 5.23. The third-order valence-corrected chi connectivity index (χ3v) is 6.08. The lowest BCUT2D eigenvalue weighted by molar-refractivity contribution is 0.384. The standard InChI is InChI=1S/C17H21N3OS/c1-3-4-8-12-10-6-5-7-11(10)13-14-15(22-17(13)20-12)16(21-2)19-9-18-14/h9,13,17H,3-8H2,1-2H3. The quantitative estimate of drug-likeness (QED) is 0.838. The van der Waals surface area contributed by atoms with Gasteiger partial charge in [-0.1, -0.05) is 30.7 Å². The van der Waals surface area contributed by atoms with Crippen molar-refractivity contribution in [3.05, 3.63) is 23.2 Å². The second-order valence-electron chi connectivity index (χ2n) is 6.12. The summed E-state index contributed by atoms with van der Waals surface area (Å²) >= 11 is 1.79. The van der Waals surface area contributed by atoms with Crippen molar-refractivity contribution in [1.29, 1.82) is 0 Å². The highest BCUT2D eigenvalue weighted by molar-refractivity contribution is 8.00. The molecule has 1 aliphatic carbocycles. The van der Waals surface area contributed by atoms with Gasteiger partial charge in [0, 0.05) is 5.71 Å². The maximum absolute atomic E-state index is 5.43. The first-order valence-corrected chi connectivity index (χ1v) is 9.06. The number of aromatic nitrogens is 2. The molecule has 0 amide bonds. The summed E-state index contributed by atoms with van der Waals surface area (Å²) < 4.78 is 5.43. The Hall–Kier alpha value is -1.36. The monoisotopic (exact) mass is 315 g/mol. The van der Waals surface area contributed by atoms with Gasteiger partial charge in [-0.15, -0.1) is 0 Å². The molecular formula is C17H21N3OS. The van der Waals surface area contributed by atoms with E-state index in [-0.39, 0.29) is 5.37 Å². The third-order valence-electron chi connectivity index (χ3n) is 4.84. The number of allylic oxidation sites excluding steroid dienone is 1. The summed E-state index contributed by atoms with van der Waals surface area (Å²) in [6.45, 7) is 2.25. The highest BCUT2D eigenvalue weighted by Gasteiger charge is 2.44. The fraction of sp³-hybridized carbons (Fsp3) is 0.588. The van der Waals surface area contributed by atoms with Crippen LogP contribution in [0.2, 0.25) is 0 Å². The molecule has 2 aliphatic heterocycles. The van der Waals surface area contributed by atoms with Crippen LogP contribution in [-0.4, -0.2) is 28.2 Å². The number of hydrogen-bond donors (Lipinski definition) is 0. The maximum atomic E-state index is 5.43. The lowest BCUT2D eigenvalue weighted by atomic mass is 9.87. The van der Waals surface area contributed by atoms with E-state index in [0.717, 1.165) is 17.0 Å². The van der Waals surface area contributed by atoms with Gasteiger partial charge in [-0.05, 0) is 37.7 Å². The molecule has 3 heterocycles. The molecule has 116 valence electrons. The van der Waals surface area contributed by atoms with Crippen molar-refractivity contribution in [2.45, 2.75) is 61.6 Å². The van der Waals surface area contributed by atoms with Crippen LogP contribution >= 0.6 is 11.8 Å². The Kier molecular flexibility index (Phi) is 3.68. The van der Waals surface area contributed by atoms with Gasteiger partial charge >= 0.3 is 0 Å². The molecule has 3 aliphatic rings. The van der Waals surface area contributed by atoms with Crippen molar-refractivity contribution in [2.75, 3.05) is 7.11 Å².